The lowest BCUT2D eigenvalue weighted by Gasteiger charge is -2.12. The third-order valence-corrected chi connectivity index (χ3v) is 3.03. The number of aromatic hydroxyl groups is 1. The summed E-state index contributed by atoms with van der Waals surface area (Å²) in [4.78, 5) is 10.8. The van der Waals surface area contributed by atoms with Crippen LogP contribution < -0.4 is 4.74 Å². The van der Waals surface area contributed by atoms with Crippen LogP contribution in [0.1, 0.15) is 21.6 Å². The minimum atomic E-state index is -1.19. The normalized spacial score (nSPS) is 10.5. The minimum absolute atomic E-state index is 0.0198. The van der Waals surface area contributed by atoms with E-state index in [-0.39, 0.29) is 17.2 Å². The molecule has 6 heteroatoms. The average Bonchev–Trinajstić information content (AvgIpc) is 2.86. The summed E-state index contributed by atoms with van der Waals surface area (Å²) in [7, 11) is 1.52. The maximum atomic E-state index is 10.8. The Morgan fingerprint density at radius 1 is 1.32 bits per heavy atom. The van der Waals surface area contributed by atoms with Crippen LogP contribution in [0.3, 0.4) is 0 Å². The molecule has 6 nitrogen and oxygen atoms in total. The summed E-state index contributed by atoms with van der Waals surface area (Å²) >= 11 is 0. The lowest BCUT2D eigenvalue weighted by molar-refractivity contribution is 0.0686. The van der Waals surface area contributed by atoms with E-state index in [0.29, 0.717) is 16.9 Å². The highest BCUT2D eigenvalue weighted by atomic mass is 16.5. The van der Waals surface area contributed by atoms with Crippen LogP contribution in [0.15, 0.2) is 16.7 Å². The molecule has 0 atom stereocenters. The summed E-state index contributed by atoms with van der Waals surface area (Å²) in [6, 6.07) is 2.84. The number of phenols is 1. The fourth-order valence-electron chi connectivity index (χ4n) is 1.77. The number of carbonyl (C=O) groups is 1. The van der Waals surface area contributed by atoms with Crippen molar-refractivity contribution >= 4 is 5.97 Å². The fourth-order valence-corrected chi connectivity index (χ4v) is 1.77. The molecule has 19 heavy (non-hydrogen) atoms. The van der Waals surface area contributed by atoms with E-state index in [9.17, 15) is 9.90 Å². The molecule has 0 radical (unpaired) electrons. The van der Waals surface area contributed by atoms with Gasteiger partial charge in [-0.25, -0.2) is 4.79 Å². The molecule has 0 saturated heterocycles. The lowest BCUT2D eigenvalue weighted by Crippen LogP contribution is -1.95. The van der Waals surface area contributed by atoms with Gasteiger partial charge >= 0.3 is 5.97 Å². The average molecular weight is 263 g/mol. The van der Waals surface area contributed by atoms with Gasteiger partial charge in [0.15, 0.2) is 11.5 Å². The maximum Gasteiger partial charge on any atom is 0.358 e. The van der Waals surface area contributed by atoms with E-state index >= 15 is 0 Å². The van der Waals surface area contributed by atoms with Gasteiger partial charge in [0, 0.05) is 6.07 Å². The molecule has 0 amide bonds. The van der Waals surface area contributed by atoms with Gasteiger partial charge in [-0.3, -0.25) is 0 Å². The summed E-state index contributed by atoms with van der Waals surface area (Å²) < 4.78 is 10.1. The SMILES string of the molecule is COc1cc(-c2cc(C(=O)O)no2)c(O)c(C)c1C. The Bertz CT molecular complexity index is 645. The molecule has 1 aromatic heterocycles. The molecule has 0 spiro atoms. The third kappa shape index (κ3) is 2.12. The number of ether oxygens (including phenoxy) is 1. The Morgan fingerprint density at radius 3 is 2.53 bits per heavy atom. The van der Waals surface area contributed by atoms with Gasteiger partial charge in [-0.05, 0) is 31.0 Å². The summed E-state index contributed by atoms with van der Waals surface area (Å²) in [5.41, 5.74) is 1.58. The van der Waals surface area contributed by atoms with Crippen molar-refractivity contribution < 1.29 is 24.3 Å². The molecule has 1 aromatic carbocycles. The number of hydrogen-bond donors (Lipinski definition) is 2. The number of carboxylic acids is 1. The number of aromatic carboxylic acids is 1. The van der Waals surface area contributed by atoms with Gasteiger partial charge in [0.2, 0.25) is 0 Å². The summed E-state index contributed by atoms with van der Waals surface area (Å²) in [5, 5.41) is 22.3. The molecule has 2 aromatic rings. The maximum absolute atomic E-state index is 10.8. The van der Waals surface area contributed by atoms with Gasteiger partial charge in [0.25, 0.3) is 0 Å². The van der Waals surface area contributed by atoms with E-state index in [0.717, 1.165) is 5.56 Å². The van der Waals surface area contributed by atoms with Gasteiger partial charge in [0.1, 0.15) is 11.5 Å². The Morgan fingerprint density at radius 2 is 2.00 bits per heavy atom. The molecule has 2 N–H and O–H groups in total. The van der Waals surface area contributed by atoms with Crippen LogP contribution in [0, 0.1) is 13.8 Å². The number of aromatic nitrogens is 1. The number of methoxy groups -OCH3 is 1. The third-order valence-electron chi connectivity index (χ3n) is 3.03. The predicted molar refractivity (Wildman–Crippen MR) is 66.6 cm³/mol. The Labute approximate surface area is 109 Å². The molecule has 0 aliphatic heterocycles. The number of benzene rings is 1. The first-order valence-electron chi connectivity index (χ1n) is 5.53. The molecule has 0 bridgehead atoms. The predicted octanol–water partition coefficient (Wildman–Crippen LogP) is 2.37. The van der Waals surface area contributed by atoms with Gasteiger partial charge in [-0.2, -0.15) is 0 Å². The summed E-state index contributed by atoms with van der Waals surface area (Å²) in [5.74, 6) is -0.411. The molecule has 0 aliphatic rings. The van der Waals surface area contributed by atoms with Crippen molar-refractivity contribution in [2.75, 3.05) is 7.11 Å². The van der Waals surface area contributed by atoms with Crippen molar-refractivity contribution in [2.24, 2.45) is 0 Å². The Kier molecular flexibility index (Phi) is 3.16. The van der Waals surface area contributed by atoms with E-state index in [1.165, 1.54) is 13.2 Å². The quantitative estimate of drug-likeness (QED) is 0.883. The molecule has 0 saturated carbocycles. The highest BCUT2D eigenvalue weighted by Gasteiger charge is 2.19. The first kappa shape index (κ1) is 12.9. The summed E-state index contributed by atoms with van der Waals surface area (Å²) in [6.07, 6.45) is 0. The summed E-state index contributed by atoms with van der Waals surface area (Å²) in [6.45, 7) is 3.56. The van der Waals surface area contributed by atoms with Crippen molar-refractivity contribution in [1.82, 2.24) is 5.16 Å². The number of hydrogen-bond acceptors (Lipinski definition) is 5. The van der Waals surface area contributed by atoms with Gasteiger partial charge < -0.3 is 19.5 Å². The van der Waals surface area contributed by atoms with Crippen molar-refractivity contribution in [3.63, 3.8) is 0 Å². The van der Waals surface area contributed by atoms with Crippen LogP contribution in [-0.2, 0) is 0 Å². The molecule has 0 aliphatic carbocycles. The zero-order chi connectivity index (χ0) is 14.2. The lowest BCUT2D eigenvalue weighted by atomic mass is 10.0. The second-order valence-electron chi connectivity index (χ2n) is 4.11. The van der Waals surface area contributed by atoms with E-state index in [2.05, 4.69) is 5.16 Å². The first-order chi connectivity index (χ1) is 8.95. The standard InChI is InChI=1S/C13H13NO5/c1-6-7(2)12(15)8(4-10(6)18-3)11-5-9(13(16)17)14-19-11/h4-5,15H,1-3H3,(H,16,17). The van der Waals surface area contributed by atoms with Crippen molar-refractivity contribution in [3.05, 3.63) is 29.0 Å². The van der Waals surface area contributed by atoms with Gasteiger partial charge in [-0.15, -0.1) is 0 Å². The van der Waals surface area contributed by atoms with Crippen molar-refractivity contribution in [1.29, 1.82) is 0 Å². The Balaban J connectivity index is 2.61. The minimum Gasteiger partial charge on any atom is -0.507 e. The smallest absolute Gasteiger partial charge is 0.358 e. The molecular weight excluding hydrogens is 250 g/mol. The number of nitrogens with zero attached hydrogens (tertiary/aromatic N) is 1. The second kappa shape index (κ2) is 4.64. The van der Waals surface area contributed by atoms with E-state index in [1.54, 1.807) is 13.0 Å². The first-order valence-corrected chi connectivity index (χ1v) is 5.53. The number of phenolic OH excluding ortho intramolecular Hbond substituents is 1. The van der Waals surface area contributed by atoms with Gasteiger partial charge in [0.05, 0.1) is 12.7 Å². The van der Waals surface area contributed by atoms with Crippen molar-refractivity contribution in [3.8, 4) is 22.8 Å². The molecule has 100 valence electrons. The largest absolute Gasteiger partial charge is 0.507 e. The van der Waals surface area contributed by atoms with E-state index < -0.39 is 5.97 Å². The number of carboxylic acid groups (broad SMARTS) is 1. The van der Waals surface area contributed by atoms with E-state index in [4.69, 9.17) is 14.4 Å². The Hall–Kier alpha value is -2.50. The molecule has 2 rings (SSSR count). The van der Waals surface area contributed by atoms with Crippen LogP contribution in [0.5, 0.6) is 11.5 Å². The second-order valence-corrected chi connectivity index (χ2v) is 4.11. The van der Waals surface area contributed by atoms with Crippen LogP contribution in [0.2, 0.25) is 0 Å². The highest BCUT2D eigenvalue weighted by Crippen LogP contribution is 2.38. The van der Waals surface area contributed by atoms with Crippen LogP contribution in [0.25, 0.3) is 11.3 Å². The molecule has 0 unspecified atom stereocenters. The van der Waals surface area contributed by atoms with Gasteiger partial charge in [-0.1, -0.05) is 5.16 Å². The number of rotatable bonds is 3. The van der Waals surface area contributed by atoms with E-state index in [1.807, 2.05) is 6.92 Å². The topological polar surface area (TPSA) is 92.8 Å². The molecule has 0 fully saturated rings. The van der Waals surface area contributed by atoms with Crippen molar-refractivity contribution in [2.45, 2.75) is 13.8 Å². The molecule has 1 heterocycles. The zero-order valence-corrected chi connectivity index (χ0v) is 10.7. The zero-order valence-electron chi connectivity index (χ0n) is 10.7. The van der Waals surface area contributed by atoms with Crippen LogP contribution in [0.4, 0.5) is 0 Å². The highest BCUT2D eigenvalue weighted by molar-refractivity contribution is 5.87. The van der Waals surface area contributed by atoms with Crippen LogP contribution >= 0.6 is 0 Å². The van der Waals surface area contributed by atoms with Crippen LogP contribution in [-0.4, -0.2) is 28.4 Å². The monoisotopic (exact) mass is 263 g/mol. The molecular formula is C13H13NO5. The fraction of sp³-hybridized carbons (Fsp3) is 0.231.